The molecular weight excluding hydrogens is 597 g/mol. The second kappa shape index (κ2) is 12.2. The van der Waals surface area contributed by atoms with Crippen LogP contribution in [0, 0.1) is 0 Å². The molecule has 0 aliphatic heterocycles. The van der Waals surface area contributed by atoms with Crippen molar-refractivity contribution in [3.05, 3.63) is 182 Å². The minimum atomic E-state index is 0.643. The molecule has 0 aliphatic carbocycles. The fourth-order valence-electron chi connectivity index (χ4n) is 6.75. The summed E-state index contributed by atoms with van der Waals surface area (Å²) in [5, 5.41) is 2.25. The summed E-state index contributed by atoms with van der Waals surface area (Å²) >= 11 is 0. The summed E-state index contributed by atoms with van der Waals surface area (Å²) in [6.45, 7) is 0. The van der Waals surface area contributed by atoms with E-state index in [0.717, 1.165) is 55.3 Å². The van der Waals surface area contributed by atoms with Crippen molar-refractivity contribution in [1.29, 1.82) is 0 Å². The Kier molecular flexibility index (Phi) is 7.10. The van der Waals surface area contributed by atoms with Gasteiger partial charge in [-0.3, -0.25) is 0 Å². The minimum absolute atomic E-state index is 0.643. The molecule has 9 rings (SSSR count). The van der Waals surface area contributed by atoms with Crippen LogP contribution >= 0.6 is 0 Å². The van der Waals surface area contributed by atoms with Crippen LogP contribution in [0.5, 0.6) is 0 Å². The molecule has 230 valence electrons. The van der Waals surface area contributed by atoms with E-state index in [9.17, 15) is 0 Å². The Morgan fingerprint density at radius 2 is 0.776 bits per heavy atom. The zero-order chi connectivity index (χ0) is 32.6. The van der Waals surface area contributed by atoms with Gasteiger partial charge in [0.05, 0.1) is 11.0 Å². The van der Waals surface area contributed by atoms with Crippen molar-refractivity contribution in [3.8, 4) is 62.1 Å². The molecule has 9 aromatic rings. The molecule has 0 bridgehead atoms. The largest absolute Gasteiger partial charge is 0.309 e. The maximum absolute atomic E-state index is 5.11. The summed E-state index contributed by atoms with van der Waals surface area (Å²) < 4.78 is 2.38. The smallest absolute Gasteiger partial charge is 0.164 e. The van der Waals surface area contributed by atoms with Gasteiger partial charge in [-0.05, 0) is 52.6 Å². The fourth-order valence-corrected chi connectivity index (χ4v) is 6.75. The molecule has 2 heterocycles. The standard InChI is InChI=1S/C45H30N4/c1-5-16-31(17-6-1)35-28-36(32-18-7-2-8-19-32)30-37(29-35)49-40-26-14-13-24-38(40)42-39(25-15-27-41(42)49)45-47-43(33-20-9-3-10-21-33)46-44(48-45)34-22-11-4-12-23-34/h1-30H. The third kappa shape index (κ3) is 5.26. The lowest BCUT2D eigenvalue weighted by molar-refractivity contribution is 1.08. The number of hydrogen-bond donors (Lipinski definition) is 0. The van der Waals surface area contributed by atoms with Crippen molar-refractivity contribution < 1.29 is 0 Å². The van der Waals surface area contributed by atoms with Gasteiger partial charge in [0.2, 0.25) is 0 Å². The van der Waals surface area contributed by atoms with Crippen molar-refractivity contribution in [2.24, 2.45) is 0 Å². The van der Waals surface area contributed by atoms with Crippen molar-refractivity contribution in [2.45, 2.75) is 0 Å². The van der Waals surface area contributed by atoms with Crippen LogP contribution in [0.4, 0.5) is 0 Å². The molecule has 4 heteroatoms. The molecule has 0 fully saturated rings. The van der Waals surface area contributed by atoms with E-state index < -0.39 is 0 Å². The molecule has 2 aromatic heterocycles. The normalized spacial score (nSPS) is 11.3. The third-order valence-electron chi connectivity index (χ3n) is 9.03. The summed E-state index contributed by atoms with van der Waals surface area (Å²) in [4.78, 5) is 15.2. The van der Waals surface area contributed by atoms with Gasteiger partial charge in [-0.1, -0.05) is 152 Å². The fraction of sp³-hybridized carbons (Fsp3) is 0. The molecule has 0 N–H and O–H groups in total. The predicted octanol–water partition coefficient (Wildman–Crippen LogP) is 11.3. The van der Waals surface area contributed by atoms with Crippen LogP contribution in [0.2, 0.25) is 0 Å². The first kappa shape index (κ1) is 28.6. The van der Waals surface area contributed by atoms with Crippen molar-refractivity contribution in [2.75, 3.05) is 0 Å². The second-order valence-electron chi connectivity index (χ2n) is 12.1. The van der Waals surface area contributed by atoms with E-state index >= 15 is 0 Å². The van der Waals surface area contributed by atoms with Crippen molar-refractivity contribution in [1.82, 2.24) is 19.5 Å². The lowest BCUT2D eigenvalue weighted by atomic mass is 9.98. The molecule has 0 aliphatic rings. The predicted molar refractivity (Wildman–Crippen MR) is 201 cm³/mol. The molecule has 0 atom stereocenters. The van der Waals surface area contributed by atoms with Crippen LogP contribution in [-0.2, 0) is 0 Å². The zero-order valence-electron chi connectivity index (χ0n) is 26.6. The highest BCUT2D eigenvalue weighted by Gasteiger charge is 2.20. The Balaban J connectivity index is 1.32. The van der Waals surface area contributed by atoms with E-state index in [4.69, 9.17) is 15.0 Å². The quantitative estimate of drug-likeness (QED) is 0.184. The first-order chi connectivity index (χ1) is 24.3. The van der Waals surface area contributed by atoms with Crippen LogP contribution in [0.15, 0.2) is 182 Å². The number of benzene rings is 7. The molecule has 0 radical (unpaired) electrons. The summed E-state index contributed by atoms with van der Waals surface area (Å²) in [5.74, 6) is 1.94. The van der Waals surface area contributed by atoms with E-state index in [0.29, 0.717) is 17.5 Å². The number of hydrogen-bond acceptors (Lipinski definition) is 3. The van der Waals surface area contributed by atoms with Gasteiger partial charge in [0.15, 0.2) is 17.5 Å². The van der Waals surface area contributed by atoms with Crippen LogP contribution in [0.3, 0.4) is 0 Å². The van der Waals surface area contributed by atoms with E-state index in [2.05, 4.69) is 126 Å². The molecule has 0 saturated heterocycles. The molecule has 0 saturated carbocycles. The Labute approximate surface area is 284 Å². The minimum Gasteiger partial charge on any atom is -0.309 e. The maximum atomic E-state index is 5.11. The lowest BCUT2D eigenvalue weighted by Crippen LogP contribution is -2.00. The van der Waals surface area contributed by atoms with Gasteiger partial charge in [0.1, 0.15) is 0 Å². The number of aromatic nitrogens is 4. The van der Waals surface area contributed by atoms with Gasteiger partial charge in [0, 0.05) is 33.2 Å². The summed E-state index contributed by atoms with van der Waals surface area (Å²) in [5.41, 5.74) is 10.8. The van der Waals surface area contributed by atoms with Gasteiger partial charge in [-0.25, -0.2) is 15.0 Å². The second-order valence-corrected chi connectivity index (χ2v) is 12.1. The Hall–Kier alpha value is -6.65. The molecule has 49 heavy (non-hydrogen) atoms. The van der Waals surface area contributed by atoms with Crippen LogP contribution in [0.1, 0.15) is 0 Å². The van der Waals surface area contributed by atoms with Gasteiger partial charge >= 0.3 is 0 Å². The first-order valence-corrected chi connectivity index (χ1v) is 16.5. The van der Waals surface area contributed by atoms with Gasteiger partial charge in [-0.2, -0.15) is 0 Å². The molecule has 0 spiro atoms. The first-order valence-electron chi connectivity index (χ1n) is 16.5. The number of rotatable bonds is 6. The highest BCUT2D eigenvalue weighted by molar-refractivity contribution is 6.15. The van der Waals surface area contributed by atoms with Crippen LogP contribution in [0.25, 0.3) is 83.9 Å². The molecule has 7 aromatic carbocycles. The van der Waals surface area contributed by atoms with Crippen molar-refractivity contribution >= 4 is 21.8 Å². The lowest BCUT2D eigenvalue weighted by Gasteiger charge is -2.14. The average Bonchev–Trinajstić information content (AvgIpc) is 3.53. The van der Waals surface area contributed by atoms with Gasteiger partial charge in [-0.15, -0.1) is 0 Å². The van der Waals surface area contributed by atoms with Gasteiger partial charge < -0.3 is 4.57 Å². The summed E-state index contributed by atoms with van der Waals surface area (Å²) in [6.07, 6.45) is 0. The Morgan fingerprint density at radius 1 is 0.327 bits per heavy atom. The highest BCUT2D eigenvalue weighted by Crippen LogP contribution is 2.40. The molecular formula is C45H30N4. The summed E-state index contributed by atoms with van der Waals surface area (Å²) in [6, 6.07) is 63.4. The Bertz CT molecular complexity index is 2460. The number of fused-ring (bicyclic) bond motifs is 3. The van der Waals surface area contributed by atoms with E-state index in [-0.39, 0.29) is 0 Å². The Morgan fingerprint density at radius 3 is 1.33 bits per heavy atom. The van der Waals surface area contributed by atoms with Crippen LogP contribution < -0.4 is 0 Å². The van der Waals surface area contributed by atoms with E-state index in [1.165, 1.54) is 11.1 Å². The maximum Gasteiger partial charge on any atom is 0.164 e. The van der Waals surface area contributed by atoms with Gasteiger partial charge in [0.25, 0.3) is 0 Å². The van der Waals surface area contributed by atoms with E-state index in [1.54, 1.807) is 0 Å². The topological polar surface area (TPSA) is 43.6 Å². The molecule has 0 amide bonds. The third-order valence-corrected chi connectivity index (χ3v) is 9.03. The average molecular weight is 627 g/mol. The zero-order valence-corrected chi connectivity index (χ0v) is 26.6. The van der Waals surface area contributed by atoms with E-state index in [1.807, 2.05) is 60.7 Å². The number of para-hydroxylation sites is 1. The SMILES string of the molecule is c1ccc(-c2cc(-c3ccccc3)cc(-n3c4ccccc4c4c(-c5nc(-c6ccccc6)nc(-c6ccccc6)n5)cccc43)c2)cc1. The molecule has 4 nitrogen and oxygen atoms in total. The molecule has 0 unspecified atom stereocenters. The van der Waals surface area contributed by atoms with Crippen molar-refractivity contribution in [3.63, 3.8) is 0 Å². The van der Waals surface area contributed by atoms with Crippen LogP contribution in [-0.4, -0.2) is 19.5 Å². The highest BCUT2D eigenvalue weighted by atomic mass is 15.0. The monoisotopic (exact) mass is 626 g/mol. The summed E-state index contributed by atoms with van der Waals surface area (Å²) in [7, 11) is 0. The number of nitrogens with zero attached hydrogens (tertiary/aromatic N) is 4.